The van der Waals surface area contributed by atoms with E-state index in [-0.39, 0.29) is 12.5 Å². The first kappa shape index (κ1) is 14.5. The number of rotatable bonds is 5. The maximum atomic E-state index is 10.1. The van der Waals surface area contributed by atoms with Gasteiger partial charge in [-0.05, 0) is 30.3 Å². The molecule has 1 aliphatic heterocycles. The van der Waals surface area contributed by atoms with Gasteiger partial charge in [-0.25, -0.2) is 0 Å². The van der Waals surface area contributed by atoms with Crippen molar-refractivity contribution in [1.29, 1.82) is 0 Å². The summed E-state index contributed by atoms with van der Waals surface area (Å²) in [5.74, 6) is 2.41. The number of fused-ring (bicyclic) bond motifs is 1. The van der Waals surface area contributed by atoms with Gasteiger partial charge in [0, 0.05) is 11.6 Å². The van der Waals surface area contributed by atoms with E-state index < -0.39 is 0 Å². The number of ether oxygens (including phenoxy) is 3. The van der Waals surface area contributed by atoms with E-state index in [1.807, 2.05) is 18.2 Å². The molecular formula is C17H20NO4+. The van der Waals surface area contributed by atoms with E-state index in [0.717, 1.165) is 17.9 Å². The third kappa shape index (κ3) is 3.09. The number of methoxy groups -OCH3 is 1. The van der Waals surface area contributed by atoms with E-state index in [2.05, 4.69) is 19.2 Å². The summed E-state index contributed by atoms with van der Waals surface area (Å²) in [5, 5.41) is 10.1. The Morgan fingerprint density at radius 3 is 2.45 bits per heavy atom. The number of quaternary nitrogens is 1. The lowest BCUT2D eigenvalue weighted by Crippen LogP contribution is -3.06. The lowest BCUT2D eigenvalue weighted by Gasteiger charge is -2.15. The quantitative estimate of drug-likeness (QED) is 0.875. The molecule has 0 spiro atoms. The van der Waals surface area contributed by atoms with Crippen LogP contribution in [0.3, 0.4) is 0 Å². The topological polar surface area (TPSA) is 52.4 Å². The van der Waals surface area contributed by atoms with E-state index in [1.165, 1.54) is 10.5 Å². The van der Waals surface area contributed by atoms with Gasteiger partial charge in [0.1, 0.15) is 24.6 Å². The molecule has 0 radical (unpaired) electrons. The normalized spacial score (nSPS) is 13.9. The molecule has 1 atom stereocenters. The highest BCUT2D eigenvalue weighted by Crippen LogP contribution is 2.37. The van der Waals surface area contributed by atoms with E-state index in [9.17, 15) is 5.11 Å². The van der Waals surface area contributed by atoms with Gasteiger partial charge >= 0.3 is 0 Å². The first-order valence-corrected chi connectivity index (χ1v) is 7.21. The van der Waals surface area contributed by atoms with Crippen molar-refractivity contribution in [2.45, 2.75) is 13.1 Å². The second-order valence-corrected chi connectivity index (χ2v) is 5.49. The van der Waals surface area contributed by atoms with Crippen LogP contribution in [0.15, 0.2) is 36.4 Å². The van der Waals surface area contributed by atoms with E-state index in [1.54, 1.807) is 13.2 Å². The largest absolute Gasteiger partial charge is 0.507 e. The summed E-state index contributed by atoms with van der Waals surface area (Å²) in [5.41, 5.74) is 2.08. The molecule has 5 nitrogen and oxygen atoms in total. The minimum atomic E-state index is 0.215. The van der Waals surface area contributed by atoms with Crippen molar-refractivity contribution in [3.8, 4) is 23.0 Å². The van der Waals surface area contributed by atoms with Gasteiger partial charge in [-0.2, -0.15) is 0 Å². The maximum absolute atomic E-state index is 10.1. The molecule has 1 heterocycles. The van der Waals surface area contributed by atoms with Crippen LogP contribution in [-0.2, 0) is 13.1 Å². The lowest BCUT2D eigenvalue weighted by molar-refractivity contribution is -0.907. The first-order valence-electron chi connectivity index (χ1n) is 7.21. The Kier molecular flexibility index (Phi) is 4.06. The van der Waals surface area contributed by atoms with Crippen molar-refractivity contribution in [3.05, 3.63) is 47.5 Å². The second kappa shape index (κ2) is 6.15. The molecule has 2 N–H and O–H groups in total. The van der Waals surface area contributed by atoms with Crippen LogP contribution in [0.5, 0.6) is 23.0 Å². The third-order valence-electron chi connectivity index (χ3n) is 3.73. The molecule has 0 amide bonds. The van der Waals surface area contributed by atoms with Gasteiger partial charge in [0.15, 0.2) is 11.5 Å². The molecule has 2 aromatic rings. The number of hydrogen-bond donors (Lipinski definition) is 2. The molecule has 0 aromatic heterocycles. The molecule has 22 heavy (non-hydrogen) atoms. The highest BCUT2D eigenvalue weighted by molar-refractivity contribution is 5.50. The van der Waals surface area contributed by atoms with E-state index in [0.29, 0.717) is 18.0 Å². The van der Waals surface area contributed by atoms with Crippen molar-refractivity contribution in [2.24, 2.45) is 0 Å². The fourth-order valence-corrected chi connectivity index (χ4v) is 2.59. The summed E-state index contributed by atoms with van der Waals surface area (Å²) in [6.45, 7) is 1.78. The number of hydrogen-bond acceptors (Lipinski definition) is 4. The highest BCUT2D eigenvalue weighted by Gasteiger charge is 2.19. The fraction of sp³-hybridized carbons (Fsp3) is 0.294. The summed E-state index contributed by atoms with van der Waals surface area (Å²) in [4.78, 5) is 1.26. The van der Waals surface area contributed by atoms with Gasteiger partial charge in [0.2, 0.25) is 6.79 Å². The second-order valence-electron chi connectivity index (χ2n) is 5.49. The predicted octanol–water partition coefficient (Wildman–Crippen LogP) is 1.34. The minimum Gasteiger partial charge on any atom is -0.507 e. The van der Waals surface area contributed by atoms with Crippen LogP contribution < -0.4 is 19.1 Å². The zero-order valence-electron chi connectivity index (χ0n) is 12.8. The number of nitrogens with one attached hydrogen (secondary N) is 1. The van der Waals surface area contributed by atoms with Crippen LogP contribution in [0.2, 0.25) is 0 Å². The minimum absolute atomic E-state index is 0.215. The molecule has 2 aromatic carbocycles. The molecule has 5 heteroatoms. The fourth-order valence-electron chi connectivity index (χ4n) is 2.59. The summed E-state index contributed by atoms with van der Waals surface area (Å²) in [6, 6.07) is 11.5. The Labute approximate surface area is 129 Å². The molecule has 0 aliphatic carbocycles. The number of phenolic OH excluding ortho intramolecular Hbond substituents is 1. The average molecular weight is 302 g/mol. The summed E-state index contributed by atoms with van der Waals surface area (Å²) >= 11 is 0. The van der Waals surface area contributed by atoms with Crippen molar-refractivity contribution >= 4 is 0 Å². The van der Waals surface area contributed by atoms with Crippen LogP contribution >= 0.6 is 0 Å². The van der Waals surface area contributed by atoms with Crippen LogP contribution in [0.4, 0.5) is 0 Å². The monoisotopic (exact) mass is 302 g/mol. The third-order valence-corrected chi connectivity index (χ3v) is 3.73. The summed E-state index contributed by atoms with van der Waals surface area (Å²) in [6.07, 6.45) is 0. The molecular weight excluding hydrogens is 282 g/mol. The zero-order chi connectivity index (χ0) is 15.5. The Balaban J connectivity index is 1.67. The van der Waals surface area contributed by atoms with Crippen molar-refractivity contribution in [3.63, 3.8) is 0 Å². The number of aromatic hydroxyl groups is 1. The lowest BCUT2D eigenvalue weighted by atomic mass is 10.1. The van der Waals surface area contributed by atoms with Gasteiger partial charge in [-0.15, -0.1) is 0 Å². The van der Waals surface area contributed by atoms with Crippen LogP contribution in [0, 0.1) is 0 Å². The predicted molar refractivity (Wildman–Crippen MR) is 81.5 cm³/mol. The van der Waals surface area contributed by atoms with Crippen LogP contribution in [0.1, 0.15) is 11.1 Å². The Bertz CT molecular complexity index is 654. The molecule has 0 saturated carbocycles. The van der Waals surface area contributed by atoms with Crippen molar-refractivity contribution < 1.29 is 24.2 Å². The number of phenols is 1. The SMILES string of the molecule is COc1ccc(C[NH+](C)Cc2cc3c(cc2O)OCO3)cc1. The van der Waals surface area contributed by atoms with Gasteiger partial charge in [-0.1, -0.05) is 0 Å². The smallest absolute Gasteiger partial charge is 0.231 e. The van der Waals surface area contributed by atoms with Gasteiger partial charge in [0.25, 0.3) is 0 Å². The van der Waals surface area contributed by atoms with Gasteiger partial charge in [0.05, 0.1) is 19.7 Å². The van der Waals surface area contributed by atoms with E-state index >= 15 is 0 Å². The summed E-state index contributed by atoms with van der Waals surface area (Å²) < 4.78 is 15.8. The van der Waals surface area contributed by atoms with Crippen LogP contribution in [0.25, 0.3) is 0 Å². The van der Waals surface area contributed by atoms with E-state index in [4.69, 9.17) is 14.2 Å². The molecule has 3 rings (SSSR count). The number of benzene rings is 2. The summed E-state index contributed by atoms with van der Waals surface area (Å²) in [7, 11) is 3.75. The standard InChI is InChI=1S/C17H19NO4/c1-18(9-12-3-5-14(20-2)6-4-12)10-13-7-16-17(8-15(13)19)22-11-21-16/h3-8,19H,9-11H2,1-2H3/p+1. The molecule has 1 aliphatic rings. The van der Waals surface area contributed by atoms with Crippen molar-refractivity contribution in [2.75, 3.05) is 21.0 Å². The zero-order valence-corrected chi connectivity index (χ0v) is 12.8. The Morgan fingerprint density at radius 1 is 1.09 bits per heavy atom. The average Bonchev–Trinajstić information content (AvgIpc) is 2.95. The first-order chi connectivity index (χ1) is 10.7. The molecule has 0 bridgehead atoms. The molecule has 0 saturated heterocycles. The Morgan fingerprint density at radius 2 is 1.77 bits per heavy atom. The van der Waals surface area contributed by atoms with Gasteiger partial charge in [-0.3, -0.25) is 0 Å². The molecule has 116 valence electrons. The molecule has 0 fully saturated rings. The highest BCUT2D eigenvalue weighted by atomic mass is 16.7. The van der Waals surface area contributed by atoms with Gasteiger partial charge < -0.3 is 24.2 Å². The Hall–Kier alpha value is -2.40. The van der Waals surface area contributed by atoms with Crippen LogP contribution in [-0.4, -0.2) is 26.1 Å². The maximum Gasteiger partial charge on any atom is 0.231 e. The molecule has 1 unspecified atom stereocenters. The van der Waals surface area contributed by atoms with Crippen molar-refractivity contribution in [1.82, 2.24) is 0 Å².